The Labute approximate surface area is 484 Å². The van der Waals surface area contributed by atoms with Gasteiger partial charge >= 0.3 is 0 Å². The third kappa shape index (κ3) is 7.34. The molecule has 390 valence electrons. The molecule has 0 atom stereocenters. The Morgan fingerprint density at radius 2 is 0.427 bits per heavy atom. The zero-order valence-corrected chi connectivity index (χ0v) is 48.9. The molecule has 13 aromatic rings. The summed E-state index contributed by atoms with van der Waals surface area (Å²) >= 11 is 0. The first kappa shape index (κ1) is 49.8. The van der Waals surface area contributed by atoms with E-state index in [4.69, 9.17) is 0 Å². The van der Waals surface area contributed by atoms with Crippen molar-refractivity contribution >= 4 is 79.2 Å². The molecule has 0 heterocycles. The van der Waals surface area contributed by atoms with Gasteiger partial charge in [-0.3, -0.25) is 0 Å². The SMILES string of the molecule is CC1(C)c2cc(-c3c4ccccc4c(-c4ccc5c(c4)C(C)(C)c4cc([Si](c6ccccc6)(c6ccccc6)c6ccccc6)ccc4-5)c4ccccc34)ccc2-c2ccc([Si](c3ccccc3)(c3ccccc3)c3ccccc3)cc21. The summed E-state index contributed by atoms with van der Waals surface area (Å²) in [6.45, 7) is 9.79. The summed E-state index contributed by atoms with van der Waals surface area (Å²) in [6, 6.07) is 116. The van der Waals surface area contributed by atoms with Gasteiger partial charge in [0, 0.05) is 10.8 Å². The van der Waals surface area contributed by atoms with E-state index in [0.29, 0.717) is 0 Å². The van der Waals surface area contributed by atoms with Gasteiger partial charge in [0.25, 0.3) is 0 Å². The average molecular weight is 1080 g/mol. The maximum atomic E-state index is 2.60. The predicted octanol–water partition coefficient (Wildman–Crippen LogP) is 14.7. The predicted molar refractivity (Wildman–Crippen MR) is 355 cm³/mol. The quantitative estimate of drug-likeness (QED) is 0.0727. The fourth-order valence-corrected chi connectivity index (χ4v) is 24.7. The largest absolute Gasteiger partial charge is 0.179 e. The van der Waals surface area contributed by atoms with E-state index in [2.05, 4.69) is 331 Å². The zero-order chi connectivity index (χ0) is 55.2. The van der Waals surface area contributed by atoms with Gasteiger partial charge in [0.05, 0.1) is 0 Å². The summed E-state index contributed by atoms with van der Waals surface area (Å²) in [4.78, 5) is 0. The molecule has 0 amide bonds. The lowest BCUT2D eigenvalue weighted by molar-refractivity contribution is 0.661. The van der Waals surface area contributed by atoms with E-state index in [-0.39, 0.29) is 10.8 Å². The Morgan fingerprint density at radius 3 is 0.683 bits per heavy atom. The monoisotopic (exact) mass is 1080 g/mol. The number of hydrogen-bond acceptors (Lipinski definition) is 0. The van der Waals surface area contributed by atoms with E-state index in [1.54, 1.807) is 0 Å². The first-order valence-electron chi connectivity index (χ1n) is 29.1. The van der Waals surface area contributed by atoms with E-state index in [1.165, 1.54) is 130 Å². The summed E-state index contributed by atoms with van der Waals surface area (Å²) in [5.74, 6) is 0. The van der Waals surface area contributed by atoms with Gasteiger partial charge < -0.3 is 0 Å². The minimum Gasteiger partial charge on any atom is -0.0623 e. The van der Waals surface area contributed by atoms with Crippen LogP contribution in [-0.4, -0.2) is 16.1 Å². The molecule has 15 rings (SSSR count). The highest BCUT2D eigenvalue weighted by Crippen LogP contribution is 2.53. The second kappa shape index (κ2) is 19.2. The highest BCUT2D eigenvalue weighted by Gasteiger charge is 2.46. The van der Waals surface area contributed by atoms with E-state index in [1.807, 2.05) is 0 Å². The highest BCUT2D eigenvalue weighted by atomic mass is 28.3. The van der Waals surface area contributed by atoms with Crippen molar-refractivity contribution in [2.45, 2.75) is 38.5 Å². The molecule has 0 fully saturated rings. The van der Waals surface area contributed by atoms with Gasteiger partial charge in [-0.1, -0.05) is 319 Å². The van der Waals surface area contributed by atoms with E-state index in [0.717, 1.165) is 0 Å². The smallest absolute Gasteiger partial charge is 0.0623 e. The van der Waals surface area contributed by atoms with Crippen molar-refractivity contribution in [3.8, 4) is 44.5 Å². The lowest BCUT2D eigenvalue weighted by Crippen LogP contribution is -2.74. The van der Waals surface area contributed by atoms with Crippen LogP contribution in [0.3, 0.4) is 0 Å². The Kier molecular flexibility index (Phi) is 11.7. The molecule has 2 aliphatic rings. The summed E-state index contributed by atoms with van der Waals surface area (Å²) in [7, 11) is -5.48. The minimum absolute atomic E-state index is 0.254. The molecule has 0 unspecified atom stereocenters. The Hall–Kier alpha value is -9.19. The van der Waals surface area contributed by atoms with Crippen LogP contribution in [0.5, 0.6) is 0 Å². The van der Waals surface area contributed by atoms with Crippen molar-refractivity contribution in [2.24, 2.45) is 0 Å². The van der Waals surface area contributed by atoms with Crippen LogP contribution in [-0.2, 0) is 10.8 Å². The molecular weight excluding hydrogens is 1020 g/mol. The molecule has 82 heavy (non-hydrogen) atoms. The highest BCUT2D eigenvalue weighted by molar-refractivity contribution is 7.20. The molecule has 0 N–H and O–H groups in total. The van der Waals surface area contributed by atoms with Gasteiger partial charge in [0.15, 0.2) is 16.1 Å². The van der Waals surface area contributed by atoms with Crippen molar-refractivity contribution in [1.82, 2.24) is 0 Å². The van der Waals surface area contributed by atoms with E-state index >= 15 is 0 Å². The molecule has 2 aliphatic carbocycles. The van der Waals surface area contributed by atoms with Crippen LogP contribution in [0.25, 0.3) is 66.1 Å². The number of benzene rings is 13. The first-order chi connectivity index (χ1) is 40.2. The fourth-order valence-electron chi connectivity index (χ4n) is 15.1. The van der Waals surface area contributed by atoms with Crippen LogP contribution in [0.4, 0.5) is 0 Å². The summed E-state index contributed by atoms with van der Waals surface area (Å²) in [6.07, 6.45) is 0. The van der Waals surface area contributed by atoms with Crippen molar-refractivity contribution in [1.29, 1.82) is 0 Å². The van der Waals surface area contributed by atoms with Gasteiger partial charge in [-0.15, -0.1) is 0 Å². The Bertz CT molecular complexity index is 4040. The van der Waals surface area contributed by atoms with Crippen molar-refractivity contribution in [3.63, 3.8) is 0 Å². The summed E-state index contributed by atoms with van der Waals surface area (Å²) < 4.78 is 0. The zero-order valence-electron chi connectivity index (χ0n) is 46.9. The number of fused-ring (bicyclic) bond motifs is 8. The summed E-state index contributed by atoms with van der Waals surface area (Å²) in [5.41, 5.74) is 15.4. The first-order valence-corrected chi connectivity index (χ1v) is 33.1. The van der Waals surface area contributed by atoms with Gasteiger partial charge in [-0.2, -0.15) is 0 Å². The second-order valence-corrected chi connectivity index (χ2v) is 31.4. The topological polar surface area (TPSA) is 0 Å². The maximum Gasteiger partial charge on any atom is 0.179 e. The van der Waals surface area contributed by atoms with Crippen molar-refractivity contribution in [2.75, 3.05) is 0 Å². The van der Waals surface area contributed by atoms with Crippen LogP contribution in [0.2, 0.25) is 0 Å². The lowest BCUT2D eigenvalue weighted by Gasteiger charge is -2.35. The van der Waals surface area contributed by atoms with Crippen LogP contribution in [0.1, 0.15) is 49.9 Å². The van der Waals surface area contributed by atoms with Crippen LogP contribution in [0, 0.1) is 0 Å². The Morgan fingerprint density at radius 1 is 0.207 bits per heavy atom. The van der Waals surface area contributed by atoms with Crippen molar-refractivity contribution in [3.05, 3.63) is 326 Å². The molecule has 0 radical (unpaired) electrons. The lowest BCUT2D eigenvalue weighted by atomic mass is 9.79. The molecule has 2 heteroatoms. The van der Waals surface area contributed by atoms with Gasteiger partial charge in [-0.05, 0) is 142 Å². The molecule has 0 nitrogen and oxygen atoms in total. The van der Waals surface area contributed by atoms with Gasteiger partial charge in [-0.25, -0.2) is 0 Å². The van der Waals surface area contributed by atoms with Crippen LogP contribution >= 0.6 is 0 Å². The molecule has 0 bridgehead atoms. The molecule has 0 spiro atoms. The third-order valence-corrected chi connectivity index (χ3v) is 28.5. The standard InChI is InChI=1S/C80H62Si2/c1-79(2)73-51-55(43-47-65(73)67-49-45-63(53-75(67)79)81(57-27-11-5-12-28-57,58-29-13-6-14-30-58)59-31-15-7-16-32-59)77-69-39-23-25-41-71(69)78(72-42-26-24-40-70(72)77)56-44-48-66-68-50-46-64(54-76(68)80(3,4)74(66)52-56)82(60-33-17-8-18-34-60,61-35-19-9-20-36-61)62-37-21-10-22-38-62/h5-54H,1-4H3. The van der Waals surface area contributed by atoms with Crippen molar-refractivity contribution < 1.29 is 0 Å². The fraction of sp³-hybridized carbons (Fsp3) is 0.0750. The van der Waals surface area contributed by atoms with Gasteiger partial charge in [0.2, 0.25) is 0 Å². The molecule has 0 aliphatic heterocycles. The Balaban J connectivity index is 0.851. The normalized spacial score (nSPS) is 13.8. The minimum atomic E-state index is -2.74. The maximum absolute atomic E-state index is 2.74. The summed E-state index contributed by atoms with van der Waals surface area (Å²) in [5, 5.41) is 16.2. The van der Waals surface area contributed by atoms with E-state index in [9.17, 15) is 0 Å². The molecule has 0 aromatic heterocycles. The average Bonchev–Trinajstić information content (AvgIpc) is 3.16. The van der Waals surface area contributed by atoms with Crippen LogP contribution in [0.15, 0.2) is 303 Å². The van der Waals surface area contributed by atoms with Crippen LogP contribution < -0.4 is 41.5 Å². The third-order valence-electron chi connectivity index (χ3n) is 19.0. The van der Waals surface area contributed by atoms with Gasteiger partial charge in [0.1, 0.15) is 0 Å². The molecular formula is C80H62Si2. The second-order valence-electron chi connectivity index (χ2n) is 23.8. The molecule has 0 saturated heterocycles. The number of hydrogen-bond donors (Lipinski definition) is 0. The molecule has 13 aromatic carbocycles. The van der Waals surface area contributed by atoms with E-state index < -0.39 is 16.1 Å². The molecule has 0 saturated carbocycles. The number of rotatable bonds is 10.